The SMILES string of the molecule is O=CCCCCCCCCCCCCCCC=C1CCC1. The van der Waals surface area contributed by atoms with Crippen LogP contribution in [0.3, 0.4) is 0 Å². The minimum Gasteiger partial charge on any atom is -0.303 e. The van der Waals surface area contributed by atoms with E-state index < -0.39 is 0 Å². The fourth-order valence-corrected chi connectivity index (χ4v) is 3.03. The maximum Gasteiger partial charge on any atom is 0.119 e. The zero-order valence-electron chi connectivity index (χ0n) is 14.1. The van der Waals surface area contributed by atoms with E-state index >= 15 is 0 Å². The first-order chi connectivity index (χ1) is 10.4. The largest absolute Gasteiger partial charge is 0.303 e. The van der Waals surface area contributed by atoms with Crippen molar-refractivity contribution >= 4 is 6.29 Å². The lowest BCUT2D eigenvalue weighted by atomic mass is 9.91. The molecule has 1 aliphatic rings. The van der Waals surface area contributed by atoms with Gasteiger partial charge in [-0.2, -0.15) is 0 Å². The number of rotatable bonds is 15. The third-order valence-corrected chi connectivity index (χ3v) is 4.70. The van der Waals surface area contributed by atoms with Gasteiger partial charge in [-0.25, -0.2) is 0 Å². The molecule has 0 bridgehead atoms. The van der Waals surface area contributed by atoms with Crippen LogP contribution < -0.4 is 0 Å². The van der Waals surface area contributed by atoms with Gasteiger partial charge in [-0.1, -0.05) is 75.9 Å². The number of allylic oxidation sites excluding steroid dienone is 2. The molecule has 0 N–H and O–H groups in total. The first kappa shape index (κ1) is 18.5. The second-order valence-electron chi connectivity index (χ2n) is 6.70. The summed E-state index contributed by atoms with van der Waals surface area (Å²) in [7, 11) is 0. The molecule has 1 nitrogen and oxygen atoms in total. The molecular formula is C20H36O. The molecule has 0 aliphatic heterocycles. The van der Waals surface area contributed by atoms with Gasteiger partial charge < -0.3 is 4.79 Å². The van der Waals surface area contributed by atoms with Crippen LogP contribution in [0.5, 0.6) is 0 Å². The van der Waals surface area contributed by atoms with E-state index in [2.05, 4.69) is 6.08 Å². The molecule has 0 saturated heterocycles. The third kappa shape index (κ3) is 11.7. The van der Waals surface area contributed by atoms with Crippen molar-refractivity contribution in [3.63, 3.8) is 0 Å². The molecular weight excluding hydrogens is 256 g/mol. The van der Waals surface area contributed by atoms with Crippen LogP contribution in [-0.4, -0.2) is 6.29 Å². The first-order valence-corrected chi connectivity index (χ1v) is 9.55. The average molecular weight is 293 g/mol. The highest BCUT2D eigenvalue weighted by Crippen LogP contribution is 2.26. The standard InChI is InChI=1S/C20H36O/c21-19-14-12-10-8-6-4-2-1-3-5-7-9-11-13-16-20-17-15-18-20/h16,19H,1-15,17-18H2. The summed E-state index contributed by atoms with van der Waals surface area (Å²) >= 11 is 0. The van der Waals surface area contributed by atoms with Crippen LogP contribution in [0.25, 0.3) is 0 Å². The van der Waals surface area contributed by atoms with Gasteiger partial charge in [-0.3, -0.25) is 0 Å². The Morgan fingerprint density at radius 3 is 1.43 bits per heavy atom. The molecule has 1 fully saturated rings. The number of carbonyl (C=O) groups excluding carboxylic acids is 1. The lowest BCUT2D eigenvalue weighted by molar-refractivity contribution is -0.107. The van der Waals surface area contributed by atoms with Gasteiger partial charge in [0.1, 0.15) is 6.29 Å². The van der Waals surface area contributed by atoms with Crippen molar-refractivity contribution in [2.75, 3.05) is 0 Å². The smallest absolute Gasteiger partial charge is 0.119 e. The number of unbranched alkanes of at least 4 members (excludes halogenated alkanes) is 13. The Hall–Kier alpha value is -0.590. The van der Waals surface area contributed by atoms with Gasteiger partial charge in [0.2, 0.25) is 0 Å². The highest BCUT2D eigenvalue weighted by Gasteiger charge is 2.06. The van der Waals surface area contributed by atoms with E-state index in [1.54, 1.807) is 5.57 Å². The topological polar surface area (TPSA) is 17.1 Å². The van der Waals surface area contributed by atoms with Crippen molar-refractivity contribution in [2.45, 2.75) is 109 Å². The van der Waals surface area contributed by atoms with Gasteiger partial charge in [0.15, 0.2) is 0 Å². The Bertz CT molecular complexity index is 261. The molecule has 0 unspecified atom stereocenters. The van der Waals surface area contributed by atoms with Crippen LogP contribution in [0.4, 0.5) is 0 Å². The van der Waals surface area contributed by atoms with Crippen LogP contribution in [0.2, 0.25) is 0 Å². The number of hydrogen-bond donors (Lipinski definition) is 0. The molecule has 1 rings (SSSR count). The lowest BCUT2D eigenvalue weighted by Gasteiger charge is -2.15. The molecule has 0 aromatic rings. The van der Waals surface area contributed by atoms with Gasteiger partial charge in [0.05, 0.1) is 0 Å². The predicted octanol–water partition coefficient (Wildman–Crippen LogP) is 6.76. The summed E-state index contributed by atoms with van der Waals surface area (Å²) in [6, 6.07) is 0. The molecule has 0 spiro atoms. The predicted molar refractivity (Wildman–Crippen MR) is 92.6 cm³/mol. The van der Waals surface area contributed by atoms with Crippen molar-refractivity contribution in [2.24, 2.45) is 0 Å². The zero-order valence-corrected chi connectivity index (χ0v) is 14.1. The summed E-state index contributed by atoms with van der Waals surface area (Å²) in [5, 5.41) is 0. The summed E-state index contributed by atoms with van der Waals surface area (Å²) in [5.41, 5.74) is 1.72. The summed E-state index contributed by atoms with van der Waals surface area (Å²) in [5.74, 6) is 0. The minimum absolute atomic E-state index is 0.761. The maximum absolute atomic E-state index is 10.2. The van der Waals surface area contributed by atoms with Crippen LogP contribution in [0, 0.1) is 0 Å². The fourth-order valence-electron chi connectivity index (χ4n) is 3.03. The Morgan fingerprint density at radius 1 is 0.619 bits per heavy atom. The zero-order chi connectivity index (χ0) is 15.0. The van der Waals surface area contributed by atoms with Gasteiger partial charge in [-0.15, -0.1) is 0 Å². The third-order valence-electron chi connectivity index (χ3n) is 4.70. The summed E-state index contributed by atoms with van der Waals surface area (Å²) in [6.45, 7) is 0. The van der Waals surface area contributed by atoms with Crippen molar-refractivity contribution in [1.82, 2.24) is 0 Å². The highest BCUT2D eigenvalue weighted by atomic mass is 16.1. The van der Waals surface area contributed by atoms with Crippen molar-refractivity contribution in [1.29, 1.82) is 0 Å². The highest BCUT2D eigenvalue weighted by molar-refractivity contribution is 5.48. The molecule has 0 aromatic carbocycles. The lowest BCUT2D eigenvalue weighted by Crippen LogP contribution is -1.95. The maximum atomic E-state index is 10.2. The number of hydrogen-bond acceptors (Lipinski definition) is 1. The fraction of sp³-hybridized carbons (Fsp3) is 0.850. The van der Waals surface area contributed by atoms with Crippen molar-refractivity contribution in [3.05, 3.63) is 11.6 Å². The first-order valence-electron chi connectivity index (χ1n) is 9.55. The van der Waals surface area contributed by atoms with E-state index in [1.807, 2.05) is 0 Å². The molecule has 1 heteroatoms. The molecule has 0 amide bonds. The summed E-state index contributed by atoms with van der Waals surface area (Å²) in [4.78, 5) is 10.2. The Balaban J connectivity index is 1.66. The van der Waals surface area contributed by atoms with Crippen LogP contribution in [0.1, 0.15) is 109 Å². The van der Waals surface area contributed by atoms with E-state index in [1.165, 1.54) is 96.3 Å². The second kappa shape index (κ2) is 14.4. The minimum atomic E-state index is 0.761. The molecule has 1 aliphatic carbocycles. The van der Waals surface area contributed by atoms with Crippen molar-refractivity contribution in [3.8, 4) is 0 Å². The molecule has 0 aromatic heterocycles. The molecule has 0 heterocycles. The Kier molecular flexibility index (Phi) is 12.6. The number of aldehydes is 1. The van der Waals surface area contributed by atoms with Crippen LogP contribution in [-0.2, 0) is 4.79 Å². The molecule has 122 valence electrons. The average Bonchev–Trinajstić information content (AvgIpc) is 2.45. The molecule has 1 saturated carbocycles. The molecule has 21 heavy (non-hydrogen) atoms. The van der Waals surface area contributed by atoms with Gasteiger partial charge in [0.25, 0.3) is 0 Å². The molecule has 0 radical (unpaired) electrons. The van der Waals surface area contributed by atoms with Gasteiger partial charge in [0, 0.05) is 6.42 Å². The van der Waals surface area contributed by atoms with Gasteiger partial charge >= 0.3 is 0 Å². The van der Waals surface area contributed by atoms with Gasteiger partial charge in [-0.05, 0) is 38.5 Å². The van der Waals surface area contributed by atoms with E-state index in [4.69, 9.17) is 0 Å². The normalized spacial score (nSPS) is 14.0. The van der Waals surface area contributed by atoms with Crippen LogP contribution >= 0.6 is 0 Å². The Labute approximate surface area is 132 Å². The number of carbonyl (C=O) groups is 1. The van der Waals surface area contributed by atoms with E-state index in [0.717, 1.165) is 19.1 Å². The van der Waals surface area contributed by atoms with E-state index in [-0.39, 0.29) is 0 Å². The monoisotopic (exact) mass is 292 g/mol. The second-order valence-corrected chi connectivity index (χ2v) is 6.70. The molecule has 0 atom stereocenters. The van der Waals surface area contributed by atoms with E-state index in [9.17, 15) is 4.79 Å². The summed E-state index contributed by atoms with van der Waals surface area (Å²) in [6.07, 6.45) is 26.3. The summed E-state index contributed by atoms with van der Waals surface area (Å²) < 4.78 is 0. The van der Waals surface area contributed by atoms with Crippen molar-refractivity contribution < 1.29 is 4.79 Å². The van der Waals surface area contributed by atoms with Crippen LogP contribution in [0.15, 0.2) is 11.6 Å². The quantitative estimate of drug-likeness (QED) is 0.185. The Morgan fingerprint density at radius 2 is 1.05 bits per heavy atom. The van der Waals surface area contributed by atoms with E-state index in [0.29, 0.717) is 0 Å².